The van der Waals surface area contributed by atoms with Gasteiger partial charge in [-0.3, -0.25) is 0 Å². The van der Waals surface area contributed by atoms with E-state index in [9.17, 15) is 13.2 Å². The SMILES string of the molecule is FC(F)(F)c1ccccc1-n1cc(-c2nnc(-c3ccc4c(c3)OCO4)o2)nn1. The third kappa shape index (κ3) is 3.06. The third-order valence-electron chi connectivity index (χ3n) is 4.21. The maximum atomic E-state index is 13.2. The van der Waals surface area contributed by atoms with Crippen LogP contribution in [0.4, 0.5) is 13.2 Å². The maximum Gasteiger partial charge on any atom is 0.418 e. The molecule has 1 aliphatic rings. The summed E-state index contributed by atoms with van der Waals surface area (Å²) < 4.78 is 56.9. The number of halogens is 3. The van der Waals surface area contributed by atoms with Crippen LogP contribution in [0.15, 0.2) is 53.1 Å². The summed E-state index contributed by atoms with van der Waals surface area (Å²) in [6, 6.07) is 10.2. The van der Waals surface area contributed by atoms with Crippen molar-refractivity contribution >= 4 is 0 Å². The molecule has 146 valence electrons. The quantitative estimate of drug-likeness (QED) is 0.517. The summed E-state index contributed by atoms with van der Waals surface area (Å²) in [5, 5.41) is 15.5. The first kappa shape index (κ1) is 17.2. The number of alkyl halides is 3. The summed E-state index contributed by atoms with van der Waals surface area (Å²) in [7, 11) is 0. The van der Waals surface area contributed by atoms with Gasteiger partial charge in [-0.05, 0) is 30.3 Å². The lowest BCUT2D eigenvalue weighted by Crippen LogP contribution is -2.10. The van der Waals surface area contributed by atoms with Crippen molar-refractivity contribution in [1.82, 2.24) is 25.2 Å². The van der Waals surface area contributed by atoms with Crippen molar-refractivity contribution in [3.63, 3.8) is 0 Å². The lowest BCUT2D eigenvalue weighted by molar-refractivity contribution is -0.137. The average Bonchev–Trinajstić information content (AvgIpc) is 3.46. The van der Waals surface area contributed by atoms with E-state index in [4.69, 9.17) is 13.9 Å². The largest absolute Gasteiger partial charge is 0.454 e. The van der Waals surface area contributed by atoms with Gasteiger partial charge >= 0.3 is 6.18 Å². The molecule has 3 heterocycles. The number of aromatic nitrogens is 5. The molecule has 0 unspecified atom stereocenters. The van der Waals surface area contributed by atoms with Gasteiger partial charge in [0.2, 0.25) is 12.7 Å². The lowest BCUT2D eigenvalue weighted by atomic mass is 10.1. The Hall–Kier alpha value is -3.89. The Morgan fingerprint density at radius 3 is 2.55 bits per heavy atom. The Bertz CT molecular complexity index is 1200. The van der Waals surface area contributed by atoms with Crippen molar-refractivity contribution in [2.45, 2.75) is 6.18 Å². The van der Waals surface area contributed by atoms with Crippen molar-refractivity contribution in [3.05, 3.63) is 54.2 Å². The van der Waals surface area contributed by atoms with Crippen LogP contribution in [0.2, 0.25) is 0 Å². The van der Waals surface area contributed by atoms with Gasteiger partial charge in [-0.15, -0.1) is 15.3 Å². The van der Waals surface area contributed by atoms with Gasteiger partial charge in [-0.25, -0.2) is 4.68 Å². The fourth-order valence-electron chi connectivity index (χ4n) is 2.87. The number of para-hydroxylation sites is 1. The molecule has 29 heavy (non-hydrogen) atoms. The molecule has 0 aliphatic carbocycles. The number of nitrogens with zero attached hydrogens (tertiary/aromatic N) is 5. The van der Waals surface area contributed by atoms with E-state index in [1.54, 1.807) is 18.2 Å². The monoisotopic (exact) mass is 401 g/mol. The zero-order valence-electron chi connectivity index (χ0n) is 14.4. The van der Waals surface area contributed by atoms with Gasteiger partial charge in [0.05, 0.1) is 17.4 Å². The molecule has 0 amide bonds. The van der Waals surface area contributed by atoms with Gasteiger partial charge in [0.25, 0.3) is 5.89 Å². The molecule has 2 aromatic heterocycles. The number of fused-ring (bicyclic) bond motifs is 1. The van der Waals surface area contributed by atoms with Crippen LogP contribution in [0, 0.1) is 0 Å². The molecule has 2 aromatic carbocycles. The van der Waals surface area contributed by atoms with E-state index in [1.165, 1.54) is 24.4 Å². The van der Waals surface area contributed by atoms with Crippen molar-refractivity contribution in [1.29, 1.82) is 0 Å². The second-order valence-corrected chi connectivity index (χ2v) is 6.04. The zero-order valence-corrected chi connectivity index (χ0v) is 14.4. The molecular formula is C18H10F3N5O3. The fourth-order valence-corrected chi connectivity index (χ4v) is 2.87. The molecular weight excluding hydrogens is 391 g/mol. The highest BCUT2D eigenvalue weighted by molar-refractivity contribution is 5.61. The Kier molecular flexibility index (Phi) is 3.76. The van der Waals surface area contributed by atoms with Crippen LogP contribution in [0.3, 0.4) is 0 Å². The number of rotatable bonds is 3. The molecule has 0 N–H and O–H groups in total. The number of benzene rings is 2. The summed E-state index contributed by atoms with van der Waals surface area (Å²) in [5.41, 5.74) is -0.249. The Balaban J connectivity index is 1.47. The first-order chi connectivity index (χ1) is 14.0. The van der Waals surface area contributed by atoms with Crippen molar-refractivity contribution in [3.8, 4) is 40.2 Å². The Labute approximate surface area is 160 Å². The fraction of sp³-hybridized carbons (Fsp3) is 0.111. The molecule has 8 nitrogen and oxygen atoms in total. The van der Waals surface area contributed by atoms with Crippen LogP contribution in [0.5, 0.6) is 11.5 Å². The molecule has 0 saturated heterocycles. The van der Waals surface area contributed by atoms with Crippen LogP contribution in [0.25, 0.3) is 28.7 Å². The summed E-state index contributed by atoms with van der Waals surface area (Å²) in [6.07, 6.45) is -3.23. The van der Waals surface area contributed by atoms with E-state index in [0.717, 1.165) is 10.7 Å². The Morgan fingerprint density at radius 1 is 0.897 bits per heavy atom. The molecule has 0 fully saturated rings. The first-order valence-electron chi connectivity index (χ1n) is 8.32. The summed E-state index contributed by atoms with van der Waals surface area (Å²) in [4.78, 5) is 0. The van der Waals surface area contributed by atoms with E-state index in [1.807, 2.05) is 0 Å². The highest BCUT2D eigenvalue weighted by Gasteiger charge is 2.34. The van der Waals surface area contributed by atoms with Crippen molar-refractivity contribution in [2.24, 2.45) is 0 Å². The van der Waals surface area contributed by atoms with Gasteiger partial charge in [-0.1, -0.05) is 17.3 Å². The smallest absolute Gasteiger partial charge is 0.418 e. The van der Waals surface area contributed by atoms with Gasteiger partial charge in [0.15, 0.2) is 17.2 Å². The van der Waals surface area contributed by atoms with E-state index < -0.39 is 11.7 Å². The number of hydrogen-bond donors (Lipinski definition) is 0. The van der Waals surface area contributed by atoms with Gasteiger partial charge < -0.3 is 13.9 Å². The number of hydrogen-bond acceptors (Lipinski definition) is 7. The van der Waals surface area contributed by atoms with E-state index >= 15 is 0 Å². The highest BCUT2D eigenvalue weighted by Crippen LogP contribution is 2.36. The minimum atomic E-state index is -4.53. The molecule has 1 aliphatic heterocycles. The molecule has 4 aromatic rings. The van der Waals surface area contributed by atoms with Crippen molar-refractivity contribution < 1.29 is 27.1 Å². The molecule has 0 radical (unpaired) electrons. The van der Waals surface area contributed by atoms with Crippen LogP contribution in [-0.2, 0) is 6.18 Å². The van der Waals surface area contributed by atoms with E-state index in [2.05, 4.69) is 20.5 Å². The first-order valence-corrected chi connectivity index (χ1v) is 8.32. The summed E-state index contributed by atoms with van der Waals surface area (Å²) in [5.74, 6) is 1.38. The van der Waals surface area contributed by atoms with Gasteiger partial charge in [-0.2, -0.15) is 13.2 Å². The van der Waals surface area contributed by atoms with E-state index in [-0.39, 0.29) is 30.0 Å². The average molecular weight is 401 g/mol. The highest BCUT2D eigenvalue weighted by atomic mass is 19.4. The van der Waals surface area contributed by atoms with Crippen LogP contribution < -0.4 is 9.47 Å². The molecule has 0 atom stereocenters. The van der Waals surface area contributed by atoms with E-state index in [0.29, 0.717) is 17.1 Å². The van der Waals surface area contributed by atoms with Crippen LogP contribution in [-0.4, -0.2) is 32.0 Å². The van der Waals surface area contributed by atoms with Crippen LogP contribution >= 0.6 is 0 Å². The van der Waals surface area contributed by atoms with Gasteiger partial charge in [0.1, 0.15) is 0 Å². The normalized spacial score (nSPS) is 13.1. The minimum absolute atomic E-state index is 0.0217. The van der Waals surface area contributed by atoms with Crippen molar-refractivity contribution in [2.75, 3.05) is 6.79 Å². The molecule has 0 bridgehead atoms. The third-order valence-corrected chi connectivity index (χ3v) is 4.21. The standard InChI is InChI=1S/C18H10F3N5O3/c19-18(20,21)11-3-1-2-4-13(11)26-8-12(22-25-26)17-24-23-16(29-17)10-5-6-14-15(7-10)28-9-27-14/h1-8H,9H2. The second-order valence-electron chi connectivity index (χ2n) is 6.04. The predicted molar refractivity (Wildman–Crippen MR) is 91.2 cm³/mol. The maximum absolute atomic E-state index is 13.2. The van der Waals surface area contributed by atoms with Gasteiger partial charge in [0, 0.05) is 5.56 Å². The Morgan fingerprint density at radius 2 is 1.69 bits per heavy atom. The molecule has 0 saturated carbocycles. The summed E-state index contributed by atoms with van der Waals surface area (Å²) >= 11 is 0. The predicted octanol–water partition coefficient (Wildman–Crippen LogP) is 3.73. The zero-order chi connectivity index (χ0) is 20.0. The topological polar surface area (TPSA) is 88.1 Å². The lowest BCUT2D eigenvalue weighted by Gasteiger charge is -2.11. The van der Waals surface area contributed by atoms with Crippen LogP contribution in [0.1, 0.15) is 5.56 Å². The second kappa shape index (κ2) is 6.33. The molecule has 0 spiro atoms. The molecule has 5 rings (SSSR count). The minimum Gasteiger partial charge on any atom is -0.454 e. The summed E-state index contributed by atoms with van der Waals surface area (Å²) in [6.45, 7) is 0.135. The molecule has 11 heteroatoms. The number of ether oxygens (including phenoxy) is 2.